The highest BCUT2D eigenvalue weighted by atomic mass is 19.3. The van der Waals surface area contributed by atoms with Crippen LogP contribution in [0.2, 0.25) is 0 Å². The molecule has 0 atom stereocenters. The monoisotopic (exact) mass is 233 g/mol. The Balaban J connectivity index is 2.90. The van der Waals surface area contributed by atoms with Crippen molar-refractivity contribution in [1.29, 1.82) is 0 Å². The van der Waals surface area contributed by atoms with Gasteiger partial charge in [0.05, 0.1) is 13.0 Å². The van der Waals surface area contributed by atoms with E-state index in [0.29, 0.717) is 6.07 Å². The summed E-state index contributed by atoms with van der Waals surface area (Å²) in [7, 11) is 0. The first-order chi connectivity index (χ1) is 7.54. The summed E-state index contributed by atoms with van der Waals surface area (Å²) in [5.41, 5.74) is -0.546. The molecule has 16 heavy (non-hydrogen) atoms. The third kappa shape index (κ3) is 3.22. The molecule has 0 spiro atoms. The van der Waals surface area contributed by atoms with E-state index in [9.17, 15) is 18.0 Å². The number of alkyl halides is 2. The van der Waals surface area contributed by atoms with E-state index in [1.54, 1.807) is 6.92 Å². The van der Waals surface area contributed by atoms with Gasteiger partial charge in [-0.2, -0.15) is 4.39 Å². The van der Waals surface area contributed by atoms with Gasteiger partial charge in [-0.05, 0) is 12.5 Å². The number of aromatic nitrogens is 1. The van der Waals surface area contributed by atoms with Crippen LogP contribution in [-0.4, -0.2) is 17.6 Å². The number of rotatable bonds is 4. The highest BCUT2D eigenvalue weighted by molar-refractivity contribution is 5.72. The predicted molar refractivity (Wildman–Crippen MR) is 49.5 cm³/mol. The average Bonchev–Trinajstić information content (AvgIpc) is 2.20. The molecule has 0 amide bonds. The number of carbonyl (C=O) groups is 1. The van der Waals surface area contributed by atoms with Crippen LogP contribution in [0, 0.1) is 5.95 Å². The number of nitrogens with zero attached hydrogens (tertiary/aromatic N) is 1. The average molecular weight is 233 g/mol. The van der Waals surface area contributed by atoms with Gasteiger partial charge in [0.25, 0.3) is 6.43 Å². The van der Waals surface area contributed by atoms with Gasteiger partial charge in [0.15, 0.2) is 0 Å². The SMILES string of the molecule is CCOC(=O)Cc1cnc(F)cc1C(F)F. The van der Waals surface area contributed by atoms with Crippen molar-refractivity contribution in [3.63, 3.8) is 0 Å². The van der Waals surface area contributed by atoms with Gasteiger partial charge in [-0.1, -0.05) is 0 Å². The van der Waals surface area contributed by atoms with Gasteiger partial charge in [-0.15, -0.1) is 0 Å². The van der Waals surface area contributed by atoms with Crippen LogP contribution < -0.4 is 0 Å². The molecule has 0 aliphatic heterocycles. The lowest BCUT2D eigenvalue weighted by atomic mass is 10.1. The largest absolute Gasteiger partial charge is 0.466 e. The maximum absolute atomic E-state index is 12.6. The molecule has 0 aliphatic carbocycles. The molecule has 1 aromatic heterocycles. The summed E-state index contributed by atoms with van der Waals surface area (Å²) in [6.45, 7) is 1.77. The van der Waals surface area contributed by atoms with Crippen molar-refractivity contribution < 1.29 is 22.7 Å². The van der Waals surface area contributed by atoms with Crippen LogP contribution in [0.15, 0.2) is 12.3 Å². The van der Waals surface area contributed by atoms with E-state index in [1.165, 1.54) is 0 Å². The second-order valence-corrected chi connectivity index (χ2v) is 2.99. The highest BCUT2D eigenvalue weighted by Gasteiger charge is 2.17. The summed E-state index contributed by atoms with van der Waals surface area (Å²) in [6.07, 6.45) is -2.25. The molecule has 0 saturated heterocycles. The molecular formula is C10H10F3NO2. The molecule has 0 saturated carbocycles. The molecule has 6 heteroatoms. The van der Waals surface area contributed by atoms with Gasteiger partial charge in [0.2, 0.25) is 5.95 Å². The maximum Gasteiger partial charge on any atom is 0.310 e. The molecule has 0 radical (unpaired) electrons. The standard InChI is InChI=1S/C10H10F3NO2/c1-2-16-9(15)3-6-5-14-8(11)4-7(6)10(12)13/h4-5,10H,2-3H2,1H3. The smallest absolute Gasteiger partial charge is 0.310 e. The number of pyridine rings is 1. The molecule has 0 N–H and O–H groups in total. The van der Waals surface area contributed by atoms with Crippen molar-refractivity contribution in [1.82, 2.24) is 4.98 Å². The van der Waals surface area contributed by atoms with E-state index in [1.807, 2.05) is 0 Å². The van der Waals surface area contributed by atoms with Crippen LogP contribution in [0.25, 0.3) is 0 Å². The van der Waals surface area contributed by atoms with E-state index in [-0.39, 0.29) is 18.6 Å². The van der Waals surface area contributed by atoms with Crippen molar-refractivity contribution in [3.8, 4) is 0 Å². The lowest BCUT2D eigenvalue weighted by molar-refractivity contribution is -0.142. The zero-order valence-electron chi connectivity index (χ0n) is 8.54. The highest BCUT2D eigenvalue weighted by Crippen LogP contribution is 2.23. The maximum atomic E-state index is 12.6. The Morgan fingerprint density at radius 1 is 1.56 bits per heavy atom. The van der Waals surface area contributed by atoms with Gasteiger partial charge in [0, 0.05) is 17.8 Å². The predicted octanol–water partition coefficient (Wildman–Crippen LogP) is 2.26. The topological polar surface area (TPSA) is 39.2 Å². The lowest BCUT2D eigenvalue weighted by Gasteiger charge is -2.07. The summed E-state index contributed by atoms with van der Waals surface area (Å²) >= 11 is 0. The van der Waals surface area contributed by atoms with E-state index in [4.69, 9.17) is 0 Å². The van der Waals surface area contributed by atoms with E-state index < -0.39 is 23.9 Å². The first-order valence-electron chi connectivity index (χ1n) is 4.62. The third-order valence-electron chi connectivity index (χ3n) is 1.86. The van der Waals surface area contributed by atoms with Crippen LogP contribution in [0.3, 0.4) is 0 Å². The number of ether oxygens (including phenoxy) is 1. The number of hydrogen-bond donors (Lipinski definition) is 0. The van der Waals surface area contributed by atoms with Crippen LogP contribution in [-0.2, 0) is 16.0 Å². The van der Waals surface area contributed by atoms with Gasteiger partial charge in [-0.25, -0.2) is 13.8 Å². The van der Waals surface area contributed by atoms with Crippen molar-refractivity contribution in [2.75, 3.05) is 6.61 Å². The number of carbonyl (C=O) groups excluding carboxylic acids is 1. The summed E-state index contributed by atoms with van der Waals surface area (Å²) in [4.78, 5) is 14.3. The normalized spacial score (nSPS) is 10.6. The molecule has 1 aromatic rings. The van der Waals surface area contributed by atoms with Gasteiger partial charge >= 0.3 is 5.97 Å². The first kappa shape index (κ1) is 12.5. The molecule has 0 aliphatic rings. The fourth-order valence-corrected chi connectivity index (χ4v) is 1.19. The summed E-state index contributed by atoms with van der Waals surface area (Å²) in [5.74, 6) is -1.64. The molecule has 0 aromatic carbocycles. The fourth-order valence-electron chi connectivity index (χ4n) is 1.19. The van der Waals surface area contributed by atoms with Crippen LogP contribution in [0.5, 0.6) is 0 Å². The number of hydrogen-bond acceptors (Lipinski definition) is 3. The van der Waals surface area contributed by atoms with Gasteiger partial charge in [0.1, 0.15) is 0 Å². The Labute approximate surface area is 90.2 Å². The molecule has 0 bridgehead atoms. The molecule has 3 nitrogen and oxygen atoms in total. The fraction of sp³-hybridized carbons (Fsp3) is 0.400. The molecule has 88 valence electrons. The Kier molecular flexibility index (Phi) is 4.28. The van der Waals surface area contributed by atoms with Crippen LogP contribution >= 0.6 is 0 Å². The zero-order chi connectivity index (χ0) is 12.1. The molecule has 0 fully saturated rings. The van der Waals surface area contributed by atoms with E-state index >= 15 is 0 Å². The Morgan fingerprint density at radius 3 is 2.81 bits per heavy atom. The Bertz CT molecular complexity index is 382. The minimum Gasteiger partial charge on any atom is -0.466 e. The van der Waals surface area contributed by atoms with Gasteiger partial charge in [-0.3, -0.25) is 4.79 Å². The van der Waals surface area contributed by atoms with Crippen molar-refractivity contribution >= 4 is 5.97 Å². The minimum absolute atomic E-state index is 0.0187. The summed E-state index contributed by atoms with van der Waals surface area (Å²) < 4.78 is 42.2. The Morgan fingerprint density at radius 2 is 2.25 bits per heavy atom. The van der Waals surface area contributed by atoms with E-state index in [2.05, 4.69) is 9.72 Å². The first-order valence-corrected chi connectivity index (χ1v) is 4.62. The van der Waals surface area contributed by atoms with Crippen molar-refractivity contribution in [2.45, 2.75) is 19.8 Å². The summed E-state index contributed by atoms with van der Waals surface area (Å²) in [5, 5.41) is 0. The second-order valence-electron chi connectivity index (χ2n) is 2.99. The van der Waals surface area contributed by atoms with Crippen LogP contribution in [0.1, 0.15) is 24.5 Å². The van der Waals surface area contributed by atoms with Crippen molar-refractivity contribution in [3.05, 3.63) is 29.3 Å². The van der Waals surface area contributed by atoms with Crippen molar-refractivity contribution in [2.24, 2.45) is 0 Å². The molecule has 1 rings (SSSR count). The van der Waals surface area contributed by atoms with Crippen LogP contribution in [0.4, 0.5) is 13.2 Å². The zero-order valence-corrected chi connectivity index (χ0v) is 8.54. The van der Waals surface area contributed by atoms with E-state index in [0.717, 1.165) is 6.20 Å². The summed E-state index contributed by atoms with van der Waals surface area (Å²) in [6, 6.07) is 0.624. The second kappa shape index (κ2) is 5.48. The molecular weight excluding hydrogens is 223 g/mol. The lowest BCUT2D eigenvalue weighted by Crippen LogP contribution is -2.10. The Hall–Kier alpha value is -1.59. The number of esters is 1. The third-order valence-corrected chi connectivity index (χ3v) is 1.86. The number of halogens is 3. The molecule has 1 heterocycles. The van der Waals surface area contributed by atoms with Gasteiger partial charge < -0.3 is 4.74 Å². The quantitative estimate of drug-likeness (QED) is 0.591. The molecule has 0 unspecified atom stereocenters. The minimum atomic E-state index is -2.85.